The standard InChI is InChI=1S/C16H22N2O2/c17-15(10-12-6-8-14(19)9-7-12)16(20)18-11-13-4-2-1-3-5-13/h1-2,6-9,13,15,19H,3-5,10-11,17H2,(H,18,20)/t13?,15-/m0/s1. The van der Waals surface area contributed by atoms with Gasteiger partial charge in [-0.25, -0.2) is 0 Å². The number of phenols is 1. The largest absolute Gasteiger partial charge is 0.508 e. The van der Waals surface area contributed by atoms with Crippen LogP contribution in [0.1, 0.15) is 24.8 Å². The molecule has 2 atom stereocenters. The molecule has 4 heteroatoms. The van der Waals surface area contributed by atoms with Crippen LogP contribution in [-0.2, 0) is 11.2 Å². The van der Waals surface area contributed by atoms with Crippen molar-refractivity contribution in [1.82, 2.24) is 5.32 Å². The molecule has 0 aliphatic heterocycles. The van der Waals surface area contributed by atoms with E-state index in [1.54, 1.807) is 24.3 Å². The summed E-state index contributed by atoms with van der Waals surface area (Å²) in [5.41, 5.74) is 6.86. The first kappa shape index (κ1) is 14.6. The molecule has 4 N–H and O–H groups in total. The SMILES string of the molecule is N[C@@H](Cc1ccc(O)cc1)C(=O)NCC1CC=CCC1. The number of rotatable bonds is 5. The van der Waals surface area contributed by atoms with E-state index < -0.39 is 6.04 Å². The predicted molar refractivity (Wildman–Crippen MR) is 79.3 cm³/mol. The first-order valence-electron chi connectivity index (χ1n) is 7.11. The molecule has 1 aromatic carbocycles. The highest BCUT2D eigenvalue weighted by atomic mass is 16.3. The van der Waals surface area contributed by atoms with Crippen LogP contribution >= 0.6 is 0 Å². The summed E-state index contributed by atoms with van der Waals surface area (Å²) in [6.07, 6.45) is 8.11. The summed E-state index contributed by atoms with van der Waals surface area (Å²) in [6, 6.07) is 6.24. The van der Waals surface area contributed by atoms with E-state index in [4.69, 9.17) is 5.73 Å². The van der Waals surface area contributed by atoms with E-state index >= 15 is 0 Å². The van der Waals surface area contributed by atoms with Gasteiger partial charge in [-0.15, -0.1) is 0 Å². The number of nitrogens with one attached hydrogen (secondary N) is 1. The van der Waals surface area contributed by atoms with E-state index in [2.05, 4.69) is 17.5 Å². The Bertz CT molecular complexity index is 468. The lowest BCUT2D eigenvalue weighted by molar-refractivity contribution is -0.122. The molecular formula is C16H22N2O2. The summed E-state index contributed by atoms with van der Waals surface area (Å²) in [5, 5.41) is 12.1. The fourth-order valence-electron chi connectivity index (χ4n) is 2.40. The minimum absolute atomic E-state index is 0.104. The molecule has 108 valence electrons. The zero-order chi connectivity index (χ0) is 14.4. The minimum atomic E-state index is -0.543. The number of carbonyl (C=O) groups is 1. The number of hydrogen-bond donors (Lipinski definition) is 3. The third-order valence-electron chi connectivity index (χ3n) is 3.67. The first-order valence-corrected chi connectivity index (χ1v) is 7.11. The van der Waals surface area contributed by atoms with Crippen molar-refractivity contribution in [1.29, 1.82) is 0 Å². The number of benzene rings is 1. The molecule has 4 nitrogen and oxygen atoms in total. The van der Waals surface area contributed by atoms with Crippen molar-refractivity contribution in [2.45, 2.75) is 31.7 Å². The number of carbonyl (C=O) groups excluding carboxylic acids is 1. The van der Waals surface area contributed by atoms with Crippen LogP contribution in [0.2, 0.25) is 0 Å². The van der Waals surface area contributed by atoms with Crippen LogP contribution in [0.5, 0.6) is 5.75 Å². The molecule has 0 saturated heterocycles. The van der Waals surface area contributed by atoms with Crippen LogP contribution in [0.15, 0.2) is 36.4 Å². The lowest BCUT2D eigenvalue weighted by atomic mass is 9.94. The van der Waals surface area contributed by atoms with Crippen molar-refractivity contribution < 1.29 is 9.90 Å². The predicted octanol–water partition coefficient (Wildman–Crippen LogP) is 1.73. The fourth-order valence-corrected chi connectivity index (χ4v) is 2.40. The quantitative estimate of drug-likeness (QED) is 0.716. The van der Waals surface area contributed by atoms with Gasteiger partial charge in [0, 0.05) is 6.54 Å². The number of amides is 1. The number of phenolic OH excluding ortho intramolecular Hbond substituents is 1. The summed E-state index contributed by atoms with van der Waals surface area (Å²) < 4.78 is 0. The highest BCUT2D eigenvalue weighted by Gasteiger charge is 2.16. The van der Waals surface area contributed by atoms with Crippen LogP contribution in [0.3, 0.4) is 0 Å². The first-order chi connectivity index (χ1) is 9.65. The summed E-state index contributed by atoms with van der Waals surface area (Å²) in [6.45, 7) is 0.701. The van der Waals surface area contributed by atoms with E-state index in [0.717, 1.165) is 24.8 Å². The molecule has 1 unspecified atom stereocenters. The maximum absolute atomic E-state index is 12.0. The zero-order valence-corrected chi connectivity index (χ0v) is 11.6. The normalized spacial score (nSPS) is 19.6. The topological polar surface area (TPSA) is 75.3 Å². The lowest BCUT2D eigenvalue weighted by Gasteiger charge is -2.19. The number of hydrogen-bond acceptors (Lipinski definition) is 3. The van der Waals surface area contributed by atoms with Gasteiger partial charge in [-0.05, 0) is 49.3 Å². The van der Waals surface area contributed by atoms with E-state index in [0.29, 0.717) is 18.9 Å². The molecule has 1 aromatic rings. The van der Waals surface area contributed by atoms with Gasteiger partial charge >= 0.3 is 0 Å². The molecule has 1 aliphatic carbocycles. The smallest absolute Gasteiger partial charge is 0.237 e. The molecular weight excluding hydrogens is 252 g/mol. The highest BCUT2D eigenvalue weighted by Crippen LogP contribution is 2.17. The van der Waals surface area contributed by atoms with Crippen LogP contribution in [0, 0.1) is 5.92 Å². The van der Waals surface area contributed by atoms with Crippen LogP contribution in [0.4, 0.5) is 0 Å². The van der Waals surface area contributed by atoms with Gasteiger partial charge in [0.15, 0.2) is 0 Å². The molecule has 1 amide bonds. The van der Waals surface area contributed by atoms with Crippen LogP contribution in [-0.4, -0.2) is 23.6 Å². The highest BCUT2D eigenvalue weighted by molar-refractivity contribution is 5.81. The van der Waals surface area contributed by atoms with E-state index in [1.165, 1.54) is 0 Å². The molecule has 0 spiro atoms. The molecule has 0 radical (unpaired) electrons. The van der Waals surface area contributed by atoms with Gasteiger partial charge in [-0.1, -0.05) is 24.3 Å². The molecule has 0 bridgehead atoms. The second kappa shape index (κ2) is 7.10. The van der Waals surface area contributed by atoms with Crippen molar-refractivity contribution in [3.05, 3.63) is 42.0 Å². The molecule has 0 saturated carbocycles. The molecule has 2 rings (SSSR count). The van der Waals surface area contributed by atoms with Crippen LogP contribution in [0.25, 0.3) is 0 Å². The summed E-state index contributed by atoms with van der Waals surface area (Å²) in [5.74, 6) is 0.648. The van der Waals surface area contributed by atoms with E-state index in [9.17, 15) is 9.90 Å². The lowest BCUT2D eigenvalue weighted by Crippen LogP contribution is -2.43. The van der Waals surface area contributed by atoms with Gasteiger partial charge in [-0.3, -0.25) is 4.79 Å². The Labute approximate surface area is 119 Å². The van der Waals surface area contributed by atoms with Crippen molar-refractivity contribution >= 4 is 5.91 Å². The van der Waals surface area contributed by atoms with E-state index in [-0.39, 0.29) is 11.7 Å². The maximum Gasteiger partial charge on any atom is 0.237 e. The Morgan fingerprint density at radius 3 is 2.75 bits per heavy atom. The number of allylic oxidation sites excluding steroid dienone is 2. The number of aromatic hydroxyl groups is 1. The average Bonchev–Trinajstić information content (AvgIpc) is 2.48. The zero-order valence-electron chi connectivity index (χ0n) is 11.6. The molecule has 0 aromatic heterocycles. The fraction of sp³-hybridized carbons (Fsp3) is 0.438. The monoisotopic (exact) mass is 274 g/mol. The van der Waals surface area contributed by atoms with Gasteiger partial charge in [-0.2, -0.15) is 0 Å². The van der Waals surface area contributed by atoms with Crippen molar-refractivity contribution in [2.75, 3.05) is 6.54 Å². The molecule has 1 aliphatic rings. The Hall–Kier alpha value is -1.81. The third-order valence-corrected chi connectivity index (χ3v) is 3.67. The minimum Gasteiger partial charge on any atom is -0.508 e. The average molecular weight is 274 g/mol. The Morgan fingerprint density at radius 1 is 1.35 bits per heavy atom. The summed E-state index contributed by atoms with van der Waals surface area (Å²) in [7, 11) is 0. The Kier molecular flexibility index (Phi) is 5.18. The van der Waals surface area contributed by atoms with Gasteiger partial charge in [0.05, 0.1) is 6.04 Å². The second-order valence-electron chi connectivity index (χ2n) is 5.37. The van der Waals surface area contributed by atoms with Gasteiger partial charge in [0.25, 0.3) is 0 Å². The molecule has 0 heterocycles. The van der Waals surface area contributed by atoms with Gasteiger partial charge in [0.1, 0.15) is 5.75 Å². The van der Waals surface area contributed by atoms with Gasteiger partial charge in [0.2, 0.25) is 5.91 Å². The molecule has 20 heavy (non-hydrogen) atoms. The Balaban J connectivity index is 1.76. The van der Waals surface area contributed by atoms with E-state index in [1.807, 2.05) is 0 Å². The second-order valence-corrected chi connectivity index (χ2v) is 5.37. The summed E-state index contributed by atoms with van der Waals surface area (Å²) in [4.78, 5) is 12.0. The van der Waals surface area contributed by atoms with Crippen molar-refractivity contribution in [2.24, 2.45) is 11.7 Å². The maximum atomic E-state index is 12.0. The Morgan fingerprint density at radius 2 is 2.10 bits per heavy atom. The van der Waals surface area contributed by atoms with Crippen molar-refractivity contribution in [3.8, 4) is 5.75 Å². The van der Waals surface area contributed by atoms with Gasteiger partial charge < -0.3 is 16.2 Å². The third kappa shape index (κ3) is 4.38. The number of nitrogens with two attached hydrogens (primary N) is 1. The van der Waals surface area contributed by atoms with Crippen molar-refractivity contribution in [3.63, 3.8) is 0 Å². The summed E-state index contributed by atoms with van der Waals surface area (Å²) >= 11 is 0. The van der Waals surface area contributed by atoms with Crippen LogP contribution < -0.4 is 11.1 Å². The molecule has 0 fully saturated rings.